The summed E-state index contributed by atoms with van der Waals surface area (Å²) in [7, 11) is 1.96. The molecule has 21 heavy (non-hydrogen) atoms. The van der Waals surface area contributed by atoms with Crippen molar-refractivity contribution in [3.63, 3.8) is 0 Å². The van der Waals surface area contributed by atoms with Crippen LogP contribution in [0.5, 0.6) is 5.75 Å². The van der Waals surface area contributed by atoms with E-state index in [9.17, 15) is 0 Å². The van der Waals surface area contributed by atoms with Gasteiger partial charge in [-0.15, -0.1) is 0 Å². The zero-order chi connectivity index (χ0) is 15.2. The van der Waals surface area contributed by atoms with Gasteiger partial charge in [0.1, 0.15) is 5.75 Å². The van der Waals surface area contributed by atoms with Gasteiger partial charge in [0.25, 0.3) is 0 Å². The lowest BCUT2D eigenvalue weighted by Gasteiger charge is -2.19. The van der Waals surface area contributed by atoms with E-state index < -0.39 is 0 Å². The Hall–Kier alpha value is -1.81. The fourth-order valence-corrected chi connectivity index (χ4v) is 2.55. The van der Waals surface area contributed by atoms with Gasteiger partial charge in [0.05, 0.1) is 18.3 Å². The molecule has 1 atom stereocenters. The highest BCUT2D eigenvalue weighted by Gasteiger charge is 2.18. The molecule has 0 amide bonds. The third kappa shape index (κ3) is 3.85. The molecular formula is C17H25N3O. The van der Waals surface area contributed by atoms with E-state index >= 15 is 0 Å². The highest BCUT2D eigenvalue weighted by molar-refractivity contribution is 5.37. The van der Waals surface area contributed by atoms with E-state index in [4.69, 9.17) is 4.74 Å². The van der Waals surface area contributed by atoms with Crippen LogP contribution in [-0.2, 0) is 7.05 Å². The summed E-state index contributed by atoms with van der Waals surface area (Å²) in [5.41, 5.74) is 3.50. The lowest BCUT2D eigenvalue weighted by Crippen LogP contribution is -2.23. The Morgan fingerprint density at radius 3 is 2.76 bits per heavy atom. The highest BCUT2D eigenvalue weighted by Crippen LogP contribution is 2.27. The van der Waals surface area contributed by atoms with Crippen LogP contribution in [0.2, 0.25) is 0 Å². The number of rotatable bonds is 7. The summed E-state index contributed by atoms with van der Waals surface area (Å²) in [6.45, 7) is 7.89. The SMILES string of the molecule is CCCNC(c1cccc(OCC)c1)c1cn(C)nc1C. The maximum absolute atomic E-state index is 5.62. The molecule has 0 aliphatic rings. The predicted octanol–water partition coefficient (Wildman–Crippen LogP) is 3.22. The summed E-state index contributed by atoms with van der Waals surface area (Å²) in [6.07, 6.45) is 3.19. The van der Waals surface area contributed by atoms with Crippen molar-refractivity contribution < 1.29 is 4.74 Å². The van der Waals surface area contributed by atoms with Crippen molar-refractivity contribution in [2.45, 2.75) is 33.2 Å². The van der Waals surface area contributed by atoms with Crippen LogP contribution in [-0.4, -0.2) is 22.9 Å². The normalized spacial score (nSPS) is 12.4. The lowest BCUT2D eigenvalue weighted by molar-refractivity contribution is 0.339. The van der Waals surface area contributed by atoms with Gasteiger partial charge in [0.15, 0.2) is 0 Å². The van der Waals surface area contributed by atoms with Crippen molar-refractivity contribution in [1.29, 1.82) is 0 Å². The maximum atomic E-state index is 5.62. The summed E-state index contributed by atoms with van der Waals surface area (Å²) in [5.74, 6) is 0.917. The van der Waals surface area contributed by atoms with Crippen LogP contribution < -0.4 is 10.1 Å². The minimum absolute atomic E-state index is 0.152. The molecule has 0 aliphatic carbocycles. The van der Waals surface area contributed by atoms with Gasteiger partial charge in [-0.1, -0.05) is 19.1 Å². The summed E-state index contributed by atoms with van der Waals surface area (Å²) < 4.78 is 7.50. The quantitative estimate of drug-likeness (QED) is 0.850. The van der Waals surface area contributed by atoms with Gasteiger partial charge in [-0.05, 0) is 44.5 Å². The Bertz CT molecular complexity index is 577. The highest BCUT2D eigenvalue weighted by atomic mass is 16.5. The Kier molecular flexibility index (Phi) is 5.39. The summed E-state index contributed by atoms with van der Waals surface area (Å²) in [6, 6.07) is 8.46. The molecule has 0 aliphatic heterocycles. The monoisotopic (exact) mass is 287 g/mol. The van der Waals surface area contributed by atoms with Crippen LogP contribution in [0.3, 0.4) is 0 Å². The molecule has 0 fully saturated rings. The van der Waals surface area contributed by atoms with Crippen LogP contribution in [0.15, 0.2) is 30.5 Å². The Balaban J connectivity index is 2.35. The van der Waals surface area contributed by atoms with Crippen molar-refractivity contribution in [3.8, 4) is 5.75 Å². The molecule has 2 rings (SSSR count). The van der Waals surface area contributed by atoms with E-state index in [1.54, 1.807) is 0 Å². The Morgan fingerprint density at radius 2 is 2.14 bits per heavy atom. The molecule has 0 saturated carbocycles. The third-order valence-corrected chi connectivity index (χ3v) is 3.46. The molecule has 1 unspecified atom stereocenters. The standard InChI is InChI=1S/C17H25N3O/c1-5-10-18-17(16-12-20(4)19-13(16)3)14-8-7-9-15(11-14)21-6-2/h7-9,11-12,17-18H,5-6,10H2,1-4H3. The van der Waals surface area contributed by atoms with E-state index in [0.717, 1.165) is 24.4 Å². The molecule has 114 valence electrons. The topological polar surface area (TPSA) is 39.1 Å². The Morgan fingerprint density at radius 1 is 1.33 bits per heavy atom. The minimum atomic E-state index is 0.152. The predicted molar refractivity (Wildman–Crippen MR) is 85.7 cm³/mol. The van der Waals surface area contributed by atoms with Crippen LogP contribution >= 0.6 is 0 Å². The second kappa shape index (κ2) is 7.27. The molecule has 4 heteroatoms. The van der Waals surface area contributed by atoms with Gasteiger partial charge in [0, 0.05) is 18.8 Å². The first-order valence-electron chi connectivity index (χ1n) is 7.62. The van der Waals surface area contributed by atoms with E-state index in [-0.39, 0.29) is 6.04 Å². The van der Waals surface area contributed by atoms with E-state index in [1.165, 1.54) is 11.1 Å². The van der Waals surface area contributed by atoms with Crippen LogP contribution in [0.4, 0.5) is 0 Å². The molecule has 0 radical (unpaired) electrons. The number of hydrogen-bond acceptors (Lipinski definition) is 3. The van der Waals surface area contributed by atoms with Gasteiger partial charge in [0.2, 0.25) is 0 Å². The molecule has 0 saturated heterocycles. The average molecular weight is 287 g/mol. The van der Waals surface area contributed by atoms with Crippen molar-refractivity contribution in [2.75, 3.05) is 13.2 Å². The zero-order valence-electron chi connectivity index (χ0n) is 13.4. The second-order valence-corrected chi connectivity index (χ2v) is 5.24. The van der Waals surface area contributed by atoms with Crippen molar-refractivity contribution in [3.05, 3.63) is 47.3 Å². The molecule has 0 bridgehead atoms. The van der Waals surface area contributed by atoms with Crippen LogP contribution in [0.1, 0.15) is 43.1 Å². The van der Waals surface area contributed by atoms with E-state index in [1.807, 2.05) is 30.8 Å². The fourth-order valence-electron chi connectivity index (χ4n) is 2.55. The van der Waals surface area contributed by atoms with Crippen LogP contribution in [0, 0.1) is 6.92 Å². The number of ether oxygens (including phenoxy) is 1. The number of hydrogen-bond donors (Lipinski definition) is 1. The smallest absolute Gasteiger partial charge is 0.119 e. The largest absolute Gasteiger partial charge is 0.494 e. The summed E-state index contributed by atoms with van der Waals surface area (Å²) in [4.78, 5) is 0. The molecule has 4 nitrogen and oxygen atoms in total. The molecule has 1 aromatic carbocycles. The first-order chi connectivity index (χ1) is 10.2. The van der Waals surface area contributed by atoms with E-state index in [2.05, 4.69) is 42.6 Å². The van der Waals surface area contributed by atoms with Gasteiger partial charge in [-0.3, -0.25) is 4.68 Å². The first-order valence-corrected chi connectivity index (χ1v) is 7.62. The van der Waals surface area contributed by atoms with Crippen LogP contribution in [0.25, 0.3) is 0 Å². The van der Waals surface area contributed by atoms with Crippen molar-refractivity contribution in [1.82, 2.24) is 15.1 Å². The molecule has 1 aromatic heterocycles. The number of aromatic nitrogens is 2. The number of benzene rings is 1. The van der Waals surface area contributed by atoms with Gasteiger partial charge >= 0.3 is 0 Å². The maximum Gasteiger partial charge on any atom is 0.119 e. The number of aryl methyl sites for hydroxylation is 2. The molecule has 2 aromatic rings. The fraction of sp³-hybridized carbons (Fsp3) is 0.471. The molecule has 1 N–H and O–H groups in total. The number of nitrogens with one attached hydrogen (secondary N) is 1. The first kappa shape index (κ1) is 15.6. The summed E-state index contributed by atoms with van der Waals surface area (Å²) >= 11 is 0. The average Bonchev–Trinajstić information content (AvgIpc) is 2.79. The van der Waals surface area contributed by atoms with Crippen molar-refractivity contribution >= 4 is 0 Å². The van der Waals surface area contributed by atoms with Gasteiger partial charge in [-0.25, -0.2) is 0 Å². The molecule has 0 spiro atoms. The Labute approximate surface area is 127 Å². The van der Waals surface area contributed by atoms with E-state index in [0.29, 0.717) is 6.61 Å². The second-order valence-electron chi connectivity index (χ2n) is 5.24. The zero-order valence-corrected chi connectivity index (χ0v) is 13.4. The third-order valence-electron chi connectivity index (χ3n) is 3.46. The number of nitrogens with zero attached hydrogens (tertiary/aromatic N) is 2. The van der Waals surface area contributed by atoms with Gasteiger partial charge < -0.3 is 10.1 Å². The summed E-state index contributed by atoms with van der Waals surface area (Å²) in [5, 5.41) is 8.09. The molecule has 1 heterocycles. The lowest BCUT2D eigenvalue weighted by atomic mass is 9.99. The van der Waals surface area contributed by atoms with Crippen molar-refractivity contribution in [2.24, 2.45) is 7.05 Å². The minimum Gasteiger partial charge on any atom is -0.494 e. The van der Waals surface area contributed by atoms with Gasteiger partial charge in [-0.2, -0.15) is 5.10 Å². The molecular weight excluding hydrogens is 262 g/mol.